The van der Waals surface area contributed by atoms with Crippen molar-refractivity contribution in [2.45, 2.75) is 300 Å². The van der Waals surface area contributed by atoms with Gasteiger partial charge in [0.25, 0.3) is 17.6 Å². The monoisotopic (exact) mass is 1640 g/mol. The van der Waals surface area contributed by atoms with Gasteiger partial charge in [-0.05, 0) is 185 Å². The molecule has 5 aliphatic heterocycles. The molecule has 7 rings (SSSR count). The number of esters is 2. The summed E-state index contributed by atoms with van der Waals surface area (Å²) in [5.41, 5.74) is 5.87. The minimum atomic E-state index is -2.42. The molecular formula is C93H145N5O19. The van der Waals surface area contributed by atoms with Crippen molar-refractivity contribution in [1.29, 1.82) is 0 Å². The third-order valence-corrected chi connectivity index (χ3v) is 24.7. The second-order valence-corrected chi connectivity index (χ2v) is 35.3. The maximum atomic E-state index is 14.5. The van der Waals surface area contributed by atoms with Crippen LogP contribution in [0.4, 0.5) is 0 Å². The van der Waals surface area contributed by atoms with Crippen LogP contribution >= 0.6 is 0 Å². The number of aliphatic hydroxyl groups is 4. The van der Waals surface area contributed by atoms with E-state index in [0.717, 1.165) is 30.4 Å². The molecular weight excluding hydrogens is 1490 g/mol. The van der Waals surface area contributed by atoms with Crippen LogP contribution in [-0.4, -0.2) is 195 Å². The van der Waals surface area contributed by atoms with E-state index in [0.29, 0.717) is 93.7 Å². The number of hydrazine groups is 1. The smallest absolute Gasteiger partial charge is 0.329 e. The van der Waals surface area contributed by atoms with Crippen LogP contribution in [0.15, 0.2) is 108 Å². The first-order valence-electron chi connectivity index (χ1n) is 42.7. The molecule has 4 fully saturated rings. The number of carbonyl (C=O) groups is 9. The molecule has 6 aliphatic rings. The van der Waals surface area contributed by atoms with Crippen molar-refractivity contribution in [3.8, 4) is 5.75 Å². The van der Waals surface area contributed by atoms with Gasteiger partial charge < -0.3 is 64.8 Å². The van der Waals surface area contributed by atoms with Crippen molar-refractivity contribution in [3.63, 3.8) is 0 Å². The van der Waals surface area contributed by atoms with Crippen LogP contribution in [0.5, 0.6) is 5.75 Å². The number of rotatable bonds is 12. The van der Waals surface area contributed by atoms with Crippen molar-refractivity contribution >= 4 is 52.9 Å². The number of piperidine rings is 1. The van der Waals surface area contributed by atoms with Crippen molar-refractivity contribution < 1.29 is 92.4 Å². The molecule has 0 radical (unpaired) electrons. The summed E-state index contributed by atoms with van der Waals surface area (Å²) in [6.45, 7) is 31.0. The zero-order chi connectivity index (χ0) is 86.0. The molecule has 8 N–H and O–H groups in total. The highest BCUT2D eigenvalue weighted by Crippen LogP contribution is 2.42. The Morgan fingerprint density at radius 1 is 0.752 bits per heavy atom. The molecule has 22 atom stereocenters. The zero-order valence-electron chi connectivity index (χ0n) is 72.5. The lowest BCUT2D eigenvalue weighted by atomic mass is 9.68. The van der Waals surface area contributed by atoms with Crippen LogP contribution < -0.4 is 16.1 Å². The van der Waals surface area contributed by atoms with E-state index >= 15 is 0 Å². The summed E-state index contributed by atoms with van der Waals surface area (Å²) in [7, 11) is 2.97. The first-order chi connectivity index (χ1) is 54.8. The molecule has 0 aromatic heterocycles. The summed E-state index contributed by atoms with van der Waals surface area (Å²) in [4.78, 5) is 127. The topological polar surface area (TPSA) is 344 Å². The number of carbonyl (C=O) groups excluding carboxylic acids is 9. The third kappa shape index (κ3) is 29.5. The van der Waals surface area contributed by atoms with Crippen molar-refractivity contribution in [2.24, 2.45) is 76.9 Å². The van der Waals surface area contributed by atoms with Crippen molar-refractivity contribution in [1.82, 2.24) is 26.0 Å². The van der Waals surface area contributed by atoms with Gasteiger partial charge >= 0.3 is 11.9 Å². The fraction of sp³-hybridized carbons (Fsp3) is 0.688. The minimum Gasteiger partial charge on any atom is -0.508 e. The Labute approximate surface area is 697 Å². The summed E-state index contributed by atoms with van der Waals surface area (Å²) in [5, 5.41) is 61.8. The van der Waals surface area contributed by atoms with Gasteiger partial charge in [-0.1, -0.05) is 183 Å². The van der Waals surface area contributed by atoms with Gasteiger partial charge in [0.05, 0.1) is 18.3 Å². The van der Waals surface area contributed by atoms with Gasteiger partial charge in [-0.2, -0.15) is 0 Å². The van der Waals surface area contributed by atoms with Gasteiger partial charge in [0.1, 0.15) is 60.1 Å². The third-order valence-electron chi connectivity index (χ3n) is 24.7. The molecule has 1 aliphatic carbocycles. The fourth-order valence-electron chi connectivity index (χ4n) is 17.2. The number of hydrogen-bond donors (Lipinski definition) is 8. The Kier molecular flexibility index (Phi) is 41.3. The number of phenols is 1. The maximum absolute atomic E-state index is 14.5. The molecule has 1 aromatic rings. The van der Waals surface area contributed by atoms with Gasteiger partial charge in [-0.25, -0.2) is 10.2 Å². The Hall–Kier alpha value is -7.29. The van der Waals surface area contributed by atoms with Crippen LogP contribution in [0.25, 0.3) is 0 Å². The normalized spacial score (nSPS) is 35.3. The Bertz CT molecular complexity index is 3650. The second kappa shape index (κ2) is 48.2. The SMILES string of the molecule is C.C/C(=C\C(C)C)[C@@H]1C/C=C/C=C/[C@@H](O)C(C)[C@@H](C)CC(=O)N[C@@H](C(C)C)C(=O)N[C@@H](Cc2cccc(O)c2)C(=O)N2CCC[C@H](N2)C(=O)O1.CO[C@H]1C[C@@H]2CC[C@@H](C)[C@@](O)(O2)C(=O)C(=O)N2CCCC[C@H]2C(=O)O[C@H]([C@H](C)C[C@@H]2CC[C@@H](C(C)C)[C@H](CO)C2)CC(=O)[C@H](C)/C=C(\C)[C@@H](O)[C@@H](OC)C(=O)[C@H](C)C[C@H](C)/C=C/C=C/C=C/1C. The number of ketones is 3. The molecule has 5 heterocycles. The lowest BCUT2D eigenvalue weighted by molar-refractivity contribution is -0.265. The maximum Gasteiger partial charge on any atom is 0.329 e. The largest absolute Gasteiger partial charge is 0.508 e. The molecule has 0 spiro atoms. The van der Waals surface area contributed by atoms with Gasteiger partial charge in [0.15, 0.2) is 5.78 Å². The highest BCUT2D eigenvalue weighted by Gasteiger charge is 2.53. The van der Waals surface area contributed by atoms with E-state index in [9.17, 15) is 68.7 Å². The predicted octanol–water partition coefficient (Wildman–Crippen LogP) is 12.4. The standard InChI is InChI=1S/C54H85NO12.C38H56N4O7.CH4/c1-32(2)43-23-21-40(28-41(43)31-56)27-36(6)47-30-45(57)35(5)26-38(8)49(59)50(65-11)48(58)37(7)25-33(3)17-13-12-14-18-34(4)46(64-10)29-42-22-20-39(9)54(63,67-42)51(60)52(61)55-24-16-15-19-44(55)53(62)66-47;1-23(2)19-26(6)33-17-10-8-9-16-32(44)27(7)25(5)20-34(45)40-35(24(3)4)36(46)39-31(22-28-13-11-14-29(43)21-28)37(47)42-18-12-15-30(41-42)38(48)49-33;/h12-14,17-18,26,32-33,35-37,39-44,46-47,49-50,56,59,63H,15-16,19-25,27-31H2,1-11H3;8-11,13-14,16,19,21,23-25,27,30-33,35,41,43-44H,12,15,17-18,20,22H2,1-7H3,(H,39,46)(H,40,45);1H4/b14-12+,17-13+,34-18+,38-26+;10-8+,16-9+,26-19+;/t33-,35-,36-,37-,39-,40+,41+,42+,43+,44+,46+,47+,49-,50+,54-;25-,27?,30-,31-,32+,33-,35-;/m10./s1. The van der Waals surface area contributed by atoms with E-state index in [1.807, 2.05) is 98.8 Å². The number of amides is 4. The van der Waals surface area contributed by atoms with E-state index in [-0.39, 0.29) is 117 Å². The number of hydrogen-bond acceptors (Lipinski definition) is 20. The number of methoxy groups -OCH3 is 2. The fourth-order valence-corrected chi connectivity index (χ4v) is 17.2. The van der Waals surface area contributed by atoms with Crippen LogP contribution in [0, 0.1) is 76.9 Å². The lowest BCUT2D eigenvalue weighted by Crippen LogP contribution is -2.62. The van der Waals surface area contributed by atoms with Crippen LogP contribution in [0.3, 0.4) is 0 Å². The van der Waals surface area contributed by atoms with E-state index in [4.69, 9.17) is 23.7 Å². The van der Waals surface area contributed by atoms with E-state index < -0.39 is 126 Å². The summed E-state index contributed by atoms with van der Waals surface area (Å²) < 4.78 is 30.0. The number of aromatic hydroxyl groups is 1. The average molecular weight is 1640 g/mol. The number of nitrogens with zero attached hydrogens (tertiary/aromatic N) is 2. The first-order valence-corrected chi connectivity index (χ1v) is 42.7. The molecule has 4 amide bonds. The Balaban J connectivity index is 0.000000434. The number of phenolic OH excluding ortho intramolecular Hbond substituents is 1. The van der Waals surface area contributed by atoms with Crippen molar-refractivity contribution in [3.05, 3.63) is 113 Å². The predicted molar refractivity (Wildman–Crippen MR) is 453 cm³/mol. The van der Waals surface area contributed by atoms with Crippen LogP contribution in [0.1, 0.15) is 227 Å². The number of fused-ring (bicyclic) bond motifs is 5. The number of aliphatic hydroxyl groups excluding tert-OH is 3. The van der Waals surface area contributed by atoms with Crippen molar-refractivity contribution in [2.75, 3.05) is 33.9 Å². The van der Waals surface area contributed by atoms with Gasteiger partial charge in [0, 0.05) is 83.8 Å². The molecule has 1 unspecified atom stereocenters. The van der Waals surface area contributed by atoms with Crippen LogP contribution in [-0.2, 0) is 73.3 Å². The average Bonchev–Trinajstić information content (AvgIpc) is 0.772. The molecule has 4 bridgehead atoms. The Morgan fingerprint density at radius 2 is 1.46 bits per heavy atom. The van der Waals surface area contributed by atoms with Crippen LogP contribution in [0.2, 0.25) is 0 Å². The number of allylic oxidation sites excluding steroid dienone is 9. The summed E-state index contributed by atoms with van der Waals surface area (Å²) in [6, 6.07) is 2.55. The van der Waals surface area contributed by atoms with E-state index in [1.165, 1.54) is 29.2 Å². The van der Waals surface area contributed by atoms with Gasteiger partial charge in [-0.15, -0.1) is 0 Å². The molecule has 1 saturated carbocycles. The number of benzene rings is 1. The minimum absolute atomic E-state index is 0. The molecule has 656 valence electrons. The summed E-state index contributed by atoms with van der Waals surface area (Å²) in [5.74, 6) is -8.97. The van der Waals surface area contributed by atoms with Gasteiger partial charge in [-0.3, -0.25) is 43.4 Å². The second-order valence-electron chi connectivity index (χ2n) is 35.3. The molecule has 3 saturated heterocycles. The number of Topliss-reactive ketones (excluding diaryl/α,β-unsaturated/α-hetero) is 3. The molecule has 1 aromatic carbocycles. The molecule has 24 nitrogen and oxygen atoms in total. The number of ether oxygens (including phenoxy) is 5. The summed E-state index contributed by atoms with van der Waals surface area (Å²) >= 11 is 0. The quantitative estimate of drug-likeness (QED) is 0.0547. The highest BCUT2D eigenvalue weighted by atomic mass is 16.6. The molecule has 117 heavy (non-hydrogen) atoms. The highest BCUT2D eigenvalue weighted by molar-refractivity contribution is 6.39. The van der Waals surface area contributed by atoms with E-state index in [2.05, 4.69) is 49.8 Å². The Morgan fingerprint density at radius 3 is 2.12 bits per heavy atom. The number of cyclic esters (lactones) is 2. The zero-order valence-corrected chi connectivity index (χ0v) is 72.5. The van der Waals surface area contributed by atoms with E-state index in [1.54, 1.807) is 64.3 Å². The number of nitrogens with one attached hydrogen (secondary N) is 3. The molecule has 24 heteroatoms. The van der Waals surface area contributed by atoms with Gasteiger partial charge in [0.2, 0.25) is 17.6 Å². The first kappa shape index (κ1) is 100. The summed E-state index contributed by atoms with van der Waals surface area (Å²) in [6.07, 6.45) is 22.7. The lowest BCUT2D eigenvalue weighted by Gasteiger charge is -2.42.